The molecule has 0 aromatic heterocycles. The SMILES string of the molecule is Cc1cc(Br)cc(NC(CN)c2cc(C)ccc2F)c1. The van der Waals surface area contributed by atoms with Gasteiger partial charge in [-0.2, -0.15) is 0 Å². The summed E-state index contributed by atoms with van der Waals surface area (Å²) in [5.74, 6) is -0.231. The first-order valence-corrected chi connectivity index (χ1v) is 7.28. The second-order valence-electron chi connectivity index (χ2n) is 4.97. The van der Waals surface area contributed by atoms with Crippen molar-refractivity contribution >= 4 is 21.6 Å². The molecular weight excluding hydrogens is 319 g/mol. The summed E-state index contributed by atoms with van der Waals surface area (Å²) in [6.45, 7) is 4.28. The molecule has 0 aliphatic heterocycles. The van der Waals surface area contributed by atoms with Crippen LogP contribution in [0.25, 0.3) is 0 Å². The number of nitrogens with one attached hydrogen (secondary N) is 1. The van der Waals surface area contributed by atoms with E-state index in [1.165, 1.54) is 6.07 Å². The van der Waals surface area contributed by atoms with E-state index in [0.29, 0.717) is 12.1 Å². The van der Waals surface area contributed by atoms with Gasteiger partial charge in [-0.3, -0.25) is 0 Å². The van der Waals surface area contributed by atoms with E-state index in [0.717, 1.165) is 21.3 Å². The normalized spacial score (nSPS) is 12.2. The molecule has 0 heterocycles. The fourth-order valence-corrected chi connectivity index (χ4v) is 2.82. The molecule has 2 aromatic rings. The average Bonchev–Trinajstić information content (AvgIpc) is 2.38. The Labute approximate surface area is 127 Å². The molecule has 106 valence electrons. The predicted molar refractivity (Wildman–Crippen MR) is 85.4 cm³/mol. The lowest BCUT2D eigenvalue weighted by molar-refractivity contribution is 0.593. The van der Waals surface area contributed by atoms with Crippen molar-refractivity contribution in [2.24, 2.45) is 5.73 Å². The zero-order valence-electron chi connectivity index (χ0n) is 11.6. The highest BCUT2D eigenvalue weighted by molar-refractivity contribution is 9.10. The van der Waals surface area contributed by atoms with Gasteiger partial charge in [-0.25, -0.2) is 4.39 Å². The quantitative estimate of drug-likeness (QED) is 0.872. The first-order valence-electron chi connectivity index (χ1n) is 6.49. The summed E-state index contributed by atoms with van der Waals surface area (Å²) in [6, 6.07) is 10.8. The molecule has 2 nitrogen and oxygen atoms in total. The van der Waals surface area contributed by atoms with Crippen LogP contribution < -0.4 is 11.1 Å². The lowest BCUT2D eigenvalue weighted by Gasteiger charge is -2.20. The van der Waals surface area contributed by atoms with Crippen molar-refractivity contribution in [3.8, 4) is 0 Å². The number of hydrogen-bond donors (Lipinski definition) is 2. The maximum atomic E-state index is 14.0. The van der Waals surface area contributed by atoms with Crippen molar-refractivity contribution in [2.75, 3.05) is 11.9 Å². The van der Waals surface area contributed by atoms with Gasteiger partial charge in [-0.15, -0.1) is 0 Å². The van der Waals surface area contributed by atoms with Gasteiger partial charge in [0, 0.05) is 22.3 Å². The predicted octanol–water partition coefficient (Wildman–Crippen LogP) is 4.32. The Kier molecular flexibility index (Phi) is 4.78. The Balaban J connectivity index is 2.31. The lowest BCUT2D eigenvalue weighted by atomic mass is 10.0. The Bertz CT molecular complexity index is 593. The third-order valence-corrected chi connectivity index (χ3v) is 3.60. The maximum absolute atomic E-state index is 14.0. The first kappa shape index (κ1) is 15.0. The topological polar surface area (TPSA) is 38.0 Å². The molecule has 0 aliphatic carbocycles. The second-order valence-corrected chi connectivity index (χ2v) is 5.89. The van der Waals surface area contributed by atoms with Crippen molar-refractivity contribution in [3.05, 3.63) is 63.4 Å². The van der Waals surface area contributed by atoms with Gasteiger partial charge in [-0.05, 0) is 43.7 Å². The van der Waals surface area contributed by atoms with E-state index in [1.54, 1.807) is 6.07 Å². The van der Waals surface area contributed by atoms with Gasteiger partial charge < -0.3 is 11.1 Å². The smallest absolute Gasteiger partial charge is 0.128 e. The number of aryl methyl sites for hydroxylation is 2. The average molecular weight is 337 g/mol. The highest BCUT2D eigenvalue weighted by Gasteiger charge is 2.14. The van der Waals surface area contributed by atoms with Crippen LogP contribution in [-0.2, 0) is 0 Å². The summed E-state index contributed by atoms with van der Waals surface area (Å²) in [4.78, 5) is 0. The van der Waals surface area contributed by atoms with Crippen LogP contribution in [0.4, 0.5) is 10.1 Å². The maximum Gasteiger partial charge on any atom is 0.128 e. The molecule has 0 spiro atoms. The van der Waals surface area contributed by atoms with Crippen molar-refractivity contribution in [2.45, 2.75) is 19.9 Å². The molecule has 0 bridgehead atoms. The van der Waals surface area contributed by atoms with Crippen molar-refractivity contribution in [1.29, 1.82) is 0 Å². The molecule has 4 heteroatoms. The first-order chi connectivity index (χ1) is 9.49. The van der Waals surface area contributed by atoms with Crippen molar-refractivity contribution < 1.29 is 4.39 Å². The Morgan fingerprint density at radius 2 is 1.90 bits per heavy atom. The summed E-state index contributed by atoms with van der Waals surface area (Å²) in [6.07, 6.45) is 0. The van der Waals surface area contributed by atoms with Crippen molar-refractivity contribution in [1.82, 2.24) is 0 Å². The van der Waals surface area contributed by atoms with E-state index in [2.05, 4.69) is 21.2 Å². The van der Waals surface area contributed by atoms with E-state index in [-0.39, 0.29) is 11.9 Å². The van der Waals surface area contributed by atoms with E-state index >= 15 is 0 Å². The summed E-state index contributed by atoms with van der Waals surface area (Å²) in [5, 5.41) is 3.30. The zero-order chi connectivity index (χ0) is 14.7. The molecule has 3 N–H and O–H groups in total. The minimum atomic E-state index is -0.247. The highest BCUT2D eigenvalue weighted by atomic mass is 79.9. The van der Waals surface area contributed by atoms with Gasteiger partial charge in [0.1, 0.15) is 5.82 Å². The number of nitrogens with two attached hydrogens (primary N) is 1. The number of benzene rings is 2. The van der Waals surface area contributed by atoms with Gasteiger partial charge >= 0.3 is 0 Å². The number of halogens is 2. The zero-order valence-corrected chi connectivity index (χ0v) is 13.2. The summed E-state index contributed by atoms with van der Waals surface area (Å²) < 4.78 is 14.9. The Hall–Kier alpha value is -1.39. The molecule has 0 amide bonds. The van der Waals surface area contributed by atoms with Crippen LogP contribution in [0, 0.1) is 19.7 Å². The molecule has 2 rings (SSSR count). The molecule has 0 radical (unpaired) electrons. The fourth-order valence-electron chi connectivity index (χ4n) is 2.21. The van der Waals surface area contributed by atoms with Crippen LogP contribution in [0.5, 0.6) is 0 Å². The highest BCUT2D eigenvalue weighted by Crippen LogP contribution is 2.25. The molecular formula is C16H18BrFN2. The van der Waals surface area contributed by atoms with Crippen molar-refractivity contribution in [3.63, 3.8) is 0 Å². The van der Waals surface area contributed by atoms with Crippen LogP contribution >= 0.6 is 15.9 Å². The van der Waals surface area contributed by atoms with Crippen LogP contribution in [0.3, 0.4) is 0 Å². The minimum Gasteiger partial charge on any atom is -0.377 e. The molecule has 1 unspecified atom stereocenters. The monoisotopic (exact) mass is 336 g/mol. The molecule has 1 atom stereocenters. The second kappa shape index (κ2) is 6.37. The van der Waals surface area contributed by atoms with Crippen LogP contribution in [-0.4, -0.2) is 6.54 Å². The molecule has 0 saturated heterocycles. The van der Waals surface area contributed by atoms with E-state index in [1.807, 2.05) is 38.1 Å². The van der Waals surface area contributed by atoms with Crippen LogP contribution in [0.15, 0.2) is 40.9 Å². The van der Waals surface area contributed by atoms with Gasteiger partial charge in [0.05, 0.1) is 6.04 Å². The number of hydrogen-bond acceptors (Lipinski definition) is 2. The fraction of sp³-hybridized carbons (Fsp3) is 0.250. The molecule has 0 fully saturated rings. The van der Waals surface area contributed by atoms with E-state index in [4.69, 9.17) is 5.73 Å². The summed E-state index contributed by atoms with van der Waals surface area (Å²) in [7, 11) is 0. The standard InChI is InChI=1S/C16H18BrFN2/c1-10-3-4-15(18)14(7-10)16(9-19)20-13-6-11(2)5-12(17)8-13/h3-8,16,20H,9,19H2,1-2H3. The van der Waals surface area contributed by atoms with E-state index in [9.17, 15) is 4.39 Å². The number of rotatable bonds is 4. The van der Waals surface area contributed by atoms with Gasteiger partial charge in [0.2, 0.25) is 0 Å². The van der Waals surface area contributed by atoms with Crippen LogP contribution in [0.1, 0.15) is 22.7 Å². The summed E-state index contributed by atoms with van der Waals surface area (Å²) >= 11 is 3.46. The van der Waals surface area contributed by atoms with E-state index < -0.39 is 0 Å². The van der Waals surface area contributed by atoms with Gasteiger partial charge in [0.25, 0.3) is 0 Å². The summed E-state index contributed by atoms with van der Waals surface area (Å²) in [5.41, 5.74) is 9.48. The lowest BCUT2D eigenvalue weighted by Crippen LogP contribution is -2.22. The third kappa shape index (κ3) is 3.58. The van der Waals surface area contributed by atoms with Gasteiger partial charge in [0.15, 0.2) is 0 Å². The number of anilines is 1. The third-order valence-electron chi connectivity index (χ3n) is 3.15. The molecule has 0 aliphatic rings. The molecule has 2 aromatic carbocycles. The Morgan fingerprint density at radius 3 is 2.55 bits per heavy atom. The molecule has 0 saturated carbocycles. The van der Waals surface area contributed by atoms with Gasteiger partial charge in [-0.1, -0.05) is 33.6 Å². The molecule has 20 heavy (non-hydrogen) atoms. The minimum absolute atomic E-state index is 0.231. The largest absolute Gasteiger partial charge is 0.377 e. The van der Waals surface area contributed by atoms with Crippen LogP contribution in [0.2, 0.25) is 0 Å². The Morgan fingerprint density at radius 1 is 1.15 bits per heavy atom.